The molecule has 0 aliphatic carbocycles. The molecule has 0 saturated heterocycles. The van der Waals surface area contributed by atoms with Gasteiger partial charge in [0.15, 0.2) is 12.2 Å². The number of rotatable bonds is 72. The van der Waals surface area contributed by atoms with E-state index in [1.165, 1.54) is 173 Å². The van der Waals surface area contributed by atoms with Crippen LogP contribution in [0, 0.1) is 23.7 Å². The second-order valence-corrected chi connectivity index (χ2v) is 31.4. The highest BCUT2D eigenvalue weighted by molar-refractivity contribution is 7.47. The maximum atomic E-state index is 13.1. The van der Waals surface area contributed by atoms with E-state index in [1.807, 2.05) is 0 Å². The van der Waals surface area contributed by atoms with Crippen LogP contribution in [0.4, 0.5) is 0 Å². The summed E-state index contributed by atoms with van der Waals surface area (Å²) < 4.78 is 68.5. The summed E-state index contributed by atoms with van der Waals surface area (Å²) in [7, 11) is -9.91. The Hall–Kier alpha value is -1.94. The predicted octanol–water partition coefficient (Wildman–Crippen LogP) is 21.7. The molecule has 0 aliphatic heterocycles. The molecule has 0 heterocycles. The Morgan fingerprint density at radius 1 is 0.298 bits per heavy atom. The van der Waals surface area contributed by atoms with E-state index in [9.17, 15) is 43.2 Å². The zero-order valence-corrected chi connectivity index (χ0v) is 63.4. The van der Waals surface area contributed by atoms with E-state index in [0.29, 0.717) is 31.6 Å². The Labute approximate surface area is 575 Å². The highest BCUT2D eigenvalue weighted by Crippen LogP contribution is 2.45. The SMILES string of the molecule is CCC(C)CCCCCCCCCCCCC(=O)OC[C@H](COP(=O)(O)OCC(O)COP(=O)(O)OC[C@@H](COC(=O)CCCCCCCCCC(C)C)OC(=O)CCCCCCCCCCCCCCCC(C)C)OC(=O)CCCCCCCCCCCCC(C)CC. The molecule has 0 aromatic rings. The Balaban J connectivity index is 5.26. The van der Waals surface area contributed by atoms with E-state index in [1.54, 1.807) is 0 Å². The molecule has 0 radical (unpaired) electrons. The van der Waals surface area contributed by atoms with Gasteiger partial charge < -0.3 is 33.8 Å². The summed E-state index contributed by atoms with van der Waals surface area (Å²) in [6, 6.07) is 0. The van der Waals surface area contributed by atoms with Crippen LogP contribution in [0.2, 0.25) is 0 Å². The molecule has 0 aromatic carbocycles. The maximum Gasteiger partial charge on any atom is 0.472 e. The van der Waals surface area contributed by atoms with Crippen LogP contribution in [0.3, 0.4) is 0 Å². The molecule has 0 spiro atoms. The van der Waals surface area contributed by atoms with Crippen LogP contribution < -0.4 is 0 Å². The molecule has 5 unspecified atom stereocenters. The van der Waals surface area contributed by atoms with Gasteiger partial charge in [0.25, 0.3) is 0 Å². The fourth-order valence-electron chi connectivity index (χ4n) is 11.3. The number of aliphatic hydroxyl groups excluding tert-OH is 1. The lowest BCUT2D eigenvalue weighted by atomic mass is 9.99. The fourth-order valence-corrected chi connectivity index (χ4v) is 12.9. The summed E-state index contributed by atoms with van der Waals surface area (Å²) in [5.41, 5.74) is 0. The van der Waals surface area contributed by atoms with E-state index >= 15 is 0 Å². The van der Waals surface area contributed by atoms with Crippen LogP contribution in [0.25, 0.3) is 0 Å². The summed E-state index contributed by atoms with van der Waals surface area (Å²) >= 11 is 0. The lowest BCUT2D eigenvalue weighted by Crippen LogP contribution is -2.30. The highest BCUT2D eigenvalue weighted by atomic mass is 31.2. The van der Waals surface area contributed by atoms with Crippen molar-refractivity contribution in [1.29, 1.82) is 0 Å². The first kappa shape index (κ1) is 92.1. The number of carbonyl (C=O) groups is 4. The van der Waals surface area contributed by atoms with Crippen molar-refractivity contribution in [3.8, 4) is 0 Å². The number of hydrogen-bond donors (Lipinski definition) is 3. The molecular weight excluding hydrogens is 1230 g/mol. The monoisotopic (exact) mass is 1380 g/mol. The highest BCUT2D eigenvalue weighted by Gasteiger charge is 2.30. The van der Waals surface area contributed by atoms with E-state index in [-0.39, 0.29) is 25.7 Å². The number of phosphoric ester groups is 2. The number of hydrogen-bond acceptors (Lipinski definition) is 15. The molecule has 17 nitrogen and oxygen atoms in total. The molecule has 0 amide bonds. The quantitative estimate of drug-likeness (QED) is 0.0222. The first-order chi connectivity index (χ1) is 45.2. The minimum atomic E-state index is -4.96. The normalized spacial score (nSPS) is 14.7. The predicted molar refractivity (Wildman–Crippen MR) is 381 cm³/mol. The van der Waals surface area contributed by atoms with Gasteiger partial charge in [0, 0.05) is 25.7 Å². The summed E-state index contributed by atoms with van der Waals surface area (Å²) in [5.74, 6) is 0.982. The lowest BCUT2D eigenvalue weighted by molar-refractivity contribution is -0.161. The van der Waals surface area contributed by atoms with Crippen molar-refractivity contribution in [3.05, 3.63) is 0 Å². The smallest absolute Gasteiger partial charge is 0.462 e. The second-order valence-electron chi connectivity index (χ2n) is 28.5. The average molecular weight is 1380 g/mol. The maximum absolute atomic E-state index is 13.1. The van der Waals surface area contributed by atoms with E-state index in [0.717, 1.165) is 114 Å². The summed E-state index contributed by atoms with van der Waals surface area (Å²) in [6.07, 6.45) is 48.4. The van der Waals surface area contributed by atoms with Crippen LogP contribution in [0.5, 0.6) is 0 Å². The summed E-state index contributed by atoms with van der Waals surface area (Å²) in [5, 5.41) is 10.6. The third-order valence-corrected chi connectivity index (χ3v) is 19.9. The third kappa shape index (κ3) is 66.0. The van der Waals surface area contributed by atoms with Crippen molar-refractivity contribution in [3.63, 3.8) is 0 Å². The van der Waals surface area contributed by atoms with E-state index < -0.39 is 97.5 Å². The standard InChI is InChI=1S/C75H146O17P2/c1-9-67(7)53-45-37-29-21-16-18-23-31-39-47-55-72(77)85-61-70(91-75(80)58-50-42-33-25-19-17-22-30-38-46-54-68(8)10-2)63-89-93(81,82)87-59-69(76)60-88-94(83,84)90-64-71(62-86-73(78)56-48-40-34-26-28-36-44-52-66(5)6)92-74(79)57-49-41-32-24-15-13-11-12-14-20-27-35-43-51-65(3)4/h65-71,76H,9-64H2,1-8H3,(H,81,82)(H,83,84)/t67?,68?,69?,70-,71-/m1/s1. The van der Waals surface area contributed by atoms with Gasteiger partial charge in [0.1, 0.15) is 19.3 Å². The van der Waals surface area contributed by atoms with E-state index in [4.69, 9.17) is 37.0 Å². The number of carbonyl (C=O) groups excluding carboxylic acids is 4. The van der Waals surface area contributed by atoms with Gasteiger partial charge in [-0.15, -0.1) is 0 Å². The molecule has 19 heteroatoms. The van der Waals surface area contributed by atoms with Gasteiger partial charge in [0.05, 0.1) is 26.4 Å². The average Bonchev–Trinajstić information content (AvgIpc) is 1.38. The Morgan fingerprint density at radius 3 is 0.755 bits per heavy atom. The van der Waals surface area contributed by atoms with Crippen molar-refractivity contribution in [2.75, 3.05) is 39.6 Å². The number of phosphoric acid groups is 2. The largest absolute Gasteiger partial charge is 0.472 e. The molecule has 0 rings (SSSR count). The first-order valence-electron chi connectivity index (χ1n) is 38.8. The van der Waals surface area contributed by atoms with Crippen molar-refractivity contribution < 1.29 is 80.2 Å². The van der Waals surface area contributed by atoms with Crippen molar-refractivity contribution in [2.24, 2.45) is 23.7 Å². The minimum Gasteiger partial charge on any atom is -0.462 e. The molecule has 7 atom stereocenters. The van der Waals surface area contributed by atoms with Gasteiger partial charge in [-0.25, -0.2) is 9.13 Å². The third-order valence-electron chi connectivity index (χ3n) is 18.0. The van der Waals surface area contributed by atoms with Crippen molar-refractivity contribution in [1.82, 2.24) is 0 Å². The molecule has 0 saturated carbocycles. The zero-order chi connectivity index (χ0) is 69.6. The molecule has 3 N–H and O–H groups in total. The summed E-state index contributed by atoms with van der Waals surface area (Å²) in [6.45, 7) is 14.2. The molecule has 558 valence electrons. The number of unbranched alkanes of at least 4 members (excludes halogenated alkanes) is 36. The minimum absolute atomic E-state index is 0.106. The molecule has 94 heavy (non-hydrogen) atoms. The van der Waals surface area contributed by atoms with Crippen LogP contribution in [0.15, 0.2) is 0 Å². The van der Waals surface area contributed by atoms with Crippen LogP contribution in [-0.4, -0.2) is 96.7 Å². The molecule has 0 aliphatic rings. The van der Waals surface area contributed by atoms with Gasteiger partial charge >= 0.3 is 39.5 Å². The molecule has 0 bridgehead atoms. The Bertz CT molecular complexity index is 1850. The van der Waals surface area contributed by atoms with Gasteiger partial charge in [-0.3, -0.25) is 37.3 Å². The van der Waals surface area contributed by atoms with Gasteiger partial charge in [0.2, 0.25) is 0 Å². The zero-order valence-electron chi connectivity index (χ0n) is 61.6. The fraction of sp³-hybridized carbons (Fsp3) is 0.947. The van der Waals surface area contributed by atoms with Crippen LogP contribution >= 0.6 is 15.6 Å². The van der Waals surface area contributed by atoms with E-state index in [2.05, 4.69) is 55.4 Å². The molecule has 0 fully saturated rings. The summed E-state index contributed by atoms with van der Waals surface area (Å²) in [4.78, 5) is 72.8. The van der Waals surface area contributed by atoms with Gasteiger partial charge in [-0.05, 0) is 49.4 Å². The van der Waals surface area contributed by atoms with Gasteiger partial charge in [-0.2, -0.15) is 0 Å². The lowest BCUT2D eigenvalue weighted by Gasteiger charge is -2.21. The Kier molecular flexibility index (Phi) is 63.1. The number of esters is 4. The van der Waals surface area contributed by atoms with Crippen molar-refractivity contribution >= 4 is 39.5 Å². The number of aliphatic hydroxyl groups is 1. The van der Waals surface area contributed by atoms with Gasteiger partial charge in [-0.1, -0.05) is 325 Å². The topological polar surface area (TPSA) is 237 Å². The van der Waals surface area contributed by atoms with Crippen LogP contribution in [0.1, 0.15) is 376 Å². The molecular formula is C75H146O17P2. The number of ether oxygens (including phenoxy) is 4. The van der Waals surface area contributed by atoms with Crippen molar-refractivity contribution in [2.45, 2.75) is 395 Å². The first-order valence-corrected chi connectivity index (χ1v) is 41.8. The molecule has 0 aromatic heterocycles. The second kappa shape index (κ2) is 64.4. The Morgan fingerprint density at radius 2 is 0.511 bits per heavy atom. The van der Waals surface area contributed by atoms with Crippen LogP contribution in [-0.2, 0) is 65.4 Å².